The van der Waals surface area contributed by atoms with Crippen molar-refractivity contribution in [2.75, 3.05) is 6.54 Å². The maximum Gasteiger partial charge on any atom is 0.241 e. The quantitative estimate of drug-likeness (QED) is 0.917. The van der Waals surface area contributed by atoms with Gasteiger partial charge in [-0.05, 0) is 36.6 Å². The third-order valence-corrected chi connectivity index (χ3v) is 5.33. The van der Waals surface area contributed by atoms with E-state index in [1.807, 2.05) is 0 Å². The van der Waals surface area contributed by atoms with Crippen LogP contribution in [0.15, 0.2) is 17.5 Å². The molecule has 1 saturated carbocycles. The largest absolute Gasteiger partial charge is 0.320 e. The molecule has 2 aliphatic rings. The topological polar surface area (TPSA) is 32.3 Å². The summed E-state index contributed by atoms with van der Waals surface area (Å²) in [4.78, 5) is 15.9. The number of hydrogen-bond acceptors (Lipinski definition) is 3. The van der Waals surface area contributed by atoms with Crippen molar-refractivity contribution in [1.82, 2.24) is 10.2 Å². The molecule has 2 heterocycles. The van der Waals surface area contributed by atoms with Gasteiger partial charge < -0.3 is 4.90 Å². The summed E-state index contributed by atoms with van der Waals surface area (Å²) >= 11 is 1.74. The fraction of sp³-hybridized carbons (Fsp3) is 0.667. The first kappa shape index (κ1) is 13.1. The summed E-state index contributed by atoms with van der Waals surface area (Å²) in [6, 6.07) is 4.21. The van der Waals surface area contributed by atoms with Crippen LogP contribution in [0.1, 0.15) is 50.1 Å². The van der Waals surface area contributed by atoms with Gasteiger partial charge in [-0.15, -0.1) is 11.3 Å². The van der Waals surface area contributed by atoms with E-state index in [4.69, 9.17) is 0 Å². The summed E-state index contributed by atoms with van der Waals surface area (Å²) in [5, 5.41) is 5.60. The molecule has 3 rings (SSSR count). The molecule has 0 bridgehead atoms. The average molecular weight is 278 g/mol. The molecule has 1 amide bonds. The van der Waals surface area contributed by atoms with Crippen LogP contribution in [0.2, 0.25) is 0 Å². The van der Waals surface area contributed by atoms with Gasteiger partial charge in [0.15, 0.2) is 0 Å². The smallest absolute Gasteiger partial charge is 0.241 e. The second-order valence-electron chi connectivity index (χ2n) is 5.69. The van der Waals surface area contributed by atoms with Gasteiger partial charge in [-0.3, -0.25) is 10.1 Å². The Bertz CT molecular complexity index is 425. The number of rotatable bonds is 4. The standard InChI is InChI=1S/C15H22N2OS/c1-2-12-15(18)17(10-11-6-3-4-7-11)14(16-12)13-8-5-9-19-13/h5,8-9,11-12,14,16H,2-4,6-7,10H2,1H3. The van der Waals surface area contributed by atoms with E-state index in [1.165, 1.54) is 30.6 Å². The number of amides is 1. The van der Waals surface area contributed by atoms with Crippen LogP contribution >= 0.6 is 11.3 Å². The van der Waals surface area contributed by atoms with Crippen molar-refractivity contribution in [1.29, 1.82) is 0 Å². The van der Waals surface area contributed by atoms with Crippen molar-refractivity contribution < 1.29 is 4.79 Å². The highest BCUT2D eigenvalue weighted by atomic mass is 32.1. The second-order valence-corrected chi connectivity index (χ2v) is 6.67. The highest BCUT2D eigenvalue weighted by molar-refractivity contribution is 7.10. The maximum absolute atomic E-state index is 12.5. The molecule has 1 N–H and O–H groups in total. The number of thiophene rings is 1. The zero-order valence-electron chi connectivity index (χ0n) is 11.5. The number of hydrogen-bond donors (Lipinski definition) is 1. The van der Waals surface area contributed by atoms with E-state index < -0.39 is 0 Å². The zero-order chi connectivity index (χ0) is 13.2. The molecule has 2 fully saturated rings. The lowest BCUT2D eigenvalue weighted by atomic mass is 10.1. The highest BCUT2D eigenvalue weighted by Crippen LogP contribution is 2.33. The molecule has 1 aliphatic carbocycles. The van der Waals surface area contributed by atoms with Crippen LogP contribution in [0.3, 0.4) is 0 Å². The van der Waals surface area contributed by atoms with E-state index in [2.05, 4.69) is 34.7 Å². The molecule has 1 aromatic rings. The fourth-order valence-electron chi connectivity index (χ4n) is 3.32. The Balaban J connectivity index is 1.77. The van der Waals surface area contributed by atoms with E-state index in [1.54, 1.807) is 11.3 Å². The molecule has 1 aromatic heterocycles. The van der Waals surface area contributed by atoms with Gasteiger partial charge in [0, 0.05) is 11.4 Å². The Morgan fingerprint density at radius 1 is 1.42 bits per heavy atom. The van der Waals surface area contributed by atoms with Gasteiger partial charge >= 0.3 is 0 Å². The molecule has 4 heteroatoms. The zero-order valence-corrected chi connectivity index (χ0v) is 12.3. The maximum atomic E-state index is 12.5. The molecular formula is C15H22N2OS. The summed E-state index contributed by atoms with van der Waals surface area (Å²) in [5.41, 5.74) is 0. The van der Waals surface area contributed by atoms with E-state index in [0.29, 0.717) is 11.8 Å². The number of nitrogens with zero attached hydrogens (tertiary/aromatic N) is 1. The van der Waals surface area contributed by atoms with Gasteiger partial charge in [0.1, 0.15) is 6.17 Å². The molecular weight excluding hydrogens is 256 g/mol. The number of carbonyl (C=O) groups excluding carboxylic acids is 1. The summed E-state index contributed by atoms with van der Waals surface area (Å²) in [7, 11) is 0. The van der Waals surface area contributed by atoms with Crippen LogP contribution in [0.5, 0.6) is 0 Å². The normalized spacial score (nSPS) is 28.5. The summed E-state index contributed by atoms with van der Waals surface area (Å²) in [5.74, 6) is 1.01. The van der Waals surface area contributed by atoms with Crippen molar-refractivity contribution in [2.45, 2.75) is 51.2 Å². The fourth-order valence-corrected chi connectivity index (χ4v) is 4.12. The van der Waals surface area contributed by atoms with Gasteiger partial charge in [-0.2, -0.15) is 0 Å². The SMILES string of the molecule is CCC1NC(c2cccs2)N(CC2CCCC2)C1=O. The van der Waals surface area contributed by atoms with Crippen molar-refractivity contribution >= 4 is 17.2 Å². The molecule has 0 spiro atoms. The minimum absolute atomic E-state index is 0.00787. The van der Waals surface area contributed by atoms with E-state index in [9.17, 15) is 4.79 Å². The van der Waals surface area contributed by atoms with Gasteiger partial charge in [0.2, 0.25) is 5.91 Å². The van der Waals surface area contributed by atoms with Crippen molar-refractivity contribution in [3.8, 4) is 0 Å². The van der Waals surface area contributed by atoms with Crippen molar-refractivity contribution in [2.24, 2.45) is 5.92 Å². The molecule has 1 saturated heterocycles. The Morgan fingerprint density at radius 3 is 2.84 bits per heavy atom. The second kappa shape index (κ2) is 5.63. The van der Waals surface area contributed by atoms with Crippen LogP contribution in [0.25, 0.3) is 0 Å². The van der Waals surface area contributed by atoms with E-state index >= 15 is 0 Å². The minimum atomic E-state index is 0.00787. The van der Waals surface area contributed by atoms with Gasteiger partial charge in [0.05, 0.1) is 6.04 Å². The molecule has 0 aromatic carbocycles. The van der Waals surface area contributed by atoms with E-state index in [0.717, 1.165) is 13.0 Å². The van der Waals surface area contributed by atoms with Gasteiger partial charge in [-0.25, -0.2) is 0 Å². The Kier molecular flexibility index (Phi) is 3.89. The molecule has 2 unspecified atom stereocenters. The molecule has 2 atom stereocenters. The third-order valence-electron chi connectivity index (χ3n) is 4.40. The molecule has 19 heavy (non-hydrogen) atoms. The van der Waals surface area contributed by atoms with Crippen LogP contribution in [-0.4, -0.2) is 23.4 Å². The highest BCUT2D eigenvalue weighted by Gasteiger charge is 2.40. The third kappa shape index (κ3) is 2.56. The summed E-state index contributed by atoms with van der Waals surface area (Å²) in [6.07, 6.45) is 6.23. The number of carbonyl (C=O) groups is 1. The molecule has 104 valence electrons. The molecule has 3 nitrogen and oxygen atoms in total. The molecule has 0 radical (unpaired) electrons. The lowest BCUT2D eigenvalue weighted by Gasteiger charge is -2.26. The van der Waals surface area contributed by atoms with Gasteiger partial charge in [0.25, 0.3) is 0 Å². The Morgan fingerprint density at radius 2 is 2.21 bits per heavy atom. The van der Waals surface area contributed by atoms with Crippen LogP contribution in [0.4, 0.5) is 0 Å². The lowest BCUT2D eigenvalue weighted by Crippen LogP contribution is -2.34. The van der Waals surface area contributed by atoms with E-state index in [-0.39, 0.29) is 12.2 Å². The Hall–Kier alpha value is -0.870. The first-order valence-corrected chi connectivity index (χ1v) is 8.27. The number of nitrogens with one attached hydrogen (secondary N) is 1. The van der Waals surface area contributed by atoms with Gasteiger partial charge in [-0.1, -0.05) is 25.8 Å². The van der Waals surface area contributed by atoms with Crippen LogP contribution < -0.4 is 5.32 Å². The first-order chi connectivity index (χ1) is 9.29. The predicted octanol–water partition coefficient (Wildman–Crippen LogP) is 3.15. The van der Waals surface area contributed by atoms with Crippen molar-refractivity contribution in [3.63, 3.8) is 0 Å². The summed E-state index contributed by atoms with van der Waals surface area (Å²) in [6.45, 7) is 3.02. The molecule has 1 aliphatic heterocycles. The van der Waals surface area contributed by atoms with Crippen molar-refractivity contribution in [3.05, 3.63) is 22.4 Å². The lowest BCUT2D eigenvalue weighted by molar-refractivity contribution is -0.130. The monoisotopic (exact) mass is 278 g/mol. The van der Waals surface area contributed by atoms with Crippen LogP contribution in [0, 0.1) is 5.92 Å². The summed E-state index contributed by atoms with van der Waals surface area (Å²) < 4.78 is 0. The minimum Gasteiger partial charge on any atom is -0.320 e. The predicted molar refractivity (Wildman–Crippen MR) is 77.9 cm³/mol. The Labute approximate surface area is 119 Å². The van der Waals surface area contributed by atoms with Crippen LogP contribution in [-0.2, 0) is 4.79 Å². The average Bonchev–Trinajstić information content (AvgIpc) is 3.13. The first-order valence-electron chi connectivity index (χ1n) is 7.39.